The van der Waals surface area contributed by atoms with Crippen molar-refractivity contribution in [2.75, 3.05) is 6.61 Å². The number of nitrogens with zero attached hydrogens (tertiary/aromatic N) is 3. The number of tetrazole rings is 1. The molecular weight excluding hydrogens is 520 g/mol. The molecule has 0 spiro atoms. The van der Waals surface area contributed by atoms with Gasteiger partial charge in [0.25, 0.3) is 0 Å². The maximum Gasteiger partial charge on any atom is 0.415 e. The number of nitrogens with one attached hydrogen (secondary N) is 2. The van der Waals surface area contributed by atoms with Crippen LogP contribution >= 0.6 is 0 Å². The number of carbonyl (C=O) groups is 2. The minimum Gasteiger partial charge on any atom is -0.494 e. The van der Waals surface area contributed by atoms with E-state index < -0.39 is 43.1 Å². The maximum absolute atomic E-state index is 14.7. The van der Waals surface area contributed by atoms with Crippen LogP contribution in [-0.2, 0) is 23.2 Å². The van der Waals surface area contributed by atoms with Gasteiger partial charge in [0, 0.05) is 12.0 Å². The van der Waals surface area contributed by atoms with Gasteiger partial charge in [-0.2, -0.15) is 31.6 Å². The van der Waals surface area contributed by atoms with Crippen LogP contribution in [0.5, 0.6) is 5.75 Å². The van der Waals surface area contributed by atoms with Gasteiger partial charge < -0.3 is 10.1 Å². The summed E-state index contributed by atoms with van der Waals surface area (Å²) >= 11 is 0. The minimum absolute atomic E-state index is 0.0783. The molecule has 0 aliphatic heterocycles. The first-order chi connectivity index (χ1) is 17.9. The van der Waals surface area contributed by atoms with E-state index >= 15 is 0 Å². The van der Waals surface area contributed by atoms with E-state index in [0.29, 0.717) is 17.4 Å². The van der Waals surface area contributed by atoms with Crippen molar-refractivity contribution >= 4 is 12.2 Å². The second-order valence-corrected chi connectivity index (χ2v) is 8.41. The largest absolute Gasteiger partial charge is 0.494 e. The molecule has 0 aliphatic carbocycles. The predicted molar refractivity (Wildman–Crippen MR) is 121 cm³/mol. The number of benzene rings is 2. The van der Waals surface area contributed by atoms with E-state index in [9.17, 15) is 35.9 Å². The van der Waals surface area contributed by atoms with E-state index in [4.69, 9.17) is 4.74 Å². The molecule has 0 radical (unpaired) electrons. The van der Waals surface area contributed by atoms with Gasteiger partial charge in [-0.05, 0) is 42.5 Å². The van der Waals surface area contributed by atoms with Crippen LogP contribution in [0.2, 0.25) is 0 Å². The number of rotatable bonds is 12. The molecule has 3 aromatic rings. The highest BCUT2D eigenvalue weighted by atomic mass is 19.4. The Morgan fingerprint density at radius 3 is 2.21 bits per heavy atom. The third-order valence-corrected chi connectivity index (χ3v) is 5.67. The molecule has 1 unspecified atom stereocenters. The second-order valence-electron chi connectivity index (χ2n) is 8.41. The van der Waals surface area contributed by atoms with Gasteiger partial charge in [0.05, 0.1) is 13.0 Å². The van der Waals surface area contributed by atoms with Crippen LogP contribution in [0, 0.1) is 0 Å². The summed E-state index contributed by atoms with van der Waals surface area (Å²) in [6, 6.07) is 10.6. The van der Waals surface area contributed by atoms with Crippen LogP contribution < -0.4 is 10.1 Å². The Hall–Kier alpha value is -3.97. The number of aromatic amines is 1. The highest BCUT2D eigenvalue weighted by molar-refractivity contribution is 5.79. The molecule has 1 amide bonds. The first kappa shape index (κ1) is 28.6. The fraction of sp³-hybridized carbons (Fsp3) is 0.375. The van der Waals surface area contributed by atoms with Crippen molar-refractivity contribution in [3.05, 3.63) is 71.0 Å². The van der Waals surface area contributed by atoms with Crippen molar-refractivity contribution in [3.63, 3.8) is 0 Å². The highest BCUT2D eigenvalue weighted by Crippen LogP contribution is 2.43. The number of alkyl halides is 6. The van der Waals surface area contributed by atoms with Gasteiger partial charge >= 0.3 is 12.4 Å². The van der Waals surface area contributed by atoms with Gasteiger partial charge in [0.15, 0.2) is 11.4 Å². The van der Waals surface area contributed by atoms with Gasteiger partial charge in [-0.1, -0.05) is 41.6 Å². The second kappa shape index (κ2) is 12.0. The Bertz CT molecular complexity index is 1180. The number of hydrogen-bond acceptors (Lipinski definition) is 6. The van der Waals surface area contributed by atoms with Gasteiger partial charge in [-0.15, -0.1) is 10.2 Å². The fourth-order valence-electron chi connectivity index (χ4n) is 3.73. The monoisotopic (exact) mass is 543 g/mol. The van der Waals surface area contributed by atoms with Crippen molar-refractivity contribution in [1.29, 1.82) is 0 Å². The average Bonchev–Trinajstić information content (AvgIpc) is 3.37. The summed E-state index contributed by atoms with van der Waals surface area (Å²) in [5.74, 6) is -1.03. The Balaban J connectivity index is 1.86. The van der Waals surface area contributed by atoms with E-state index in [1.165, 1.54) is 36.4 Å². The first-order valence-corrected chi connectivity index (χ1v) is 11.4. The highest BCUT2D eigenvalue weighted by Gasteiger charge is 2.56. The Morgan fingerprint density at radius 2 is 1.66 bits per heavy atom. The number of carbonyl (C=O) groups excluding carboxylic acids is 2. The Labute approximate surface area is 212 Å². The number of ether oxygens (including phenoxy) is 1. The molecule has 0 aliphatic rings. The van der Waals surface area contributed by atoms with E-state index in [0.717, 1.165) is 12.1 Å². The molecule has 0 fully saturated rings. The molecule has 1 atom stereocenters. The lowest BCUT2D eigenvalue weighted by atomic mass is 9.83. The number of aromatic nitrogens is 4. The van der Waals surface area contributed by atoms with E-state index in [1.54, 1.807) is 0 Å². The molecule has 2 N–H and O–H groups in total. The molecule has 3 rings (SSSR count). The van der Waals surface area contributed by atoms with Crippen LogP contribution in [0.4, 0.5) is 26.3 Å². The Kier molecular flexibility index (Phi) is 9.07. The summed E-state index contributed by atoms with van der Waals surface area (Å²) in [7, 11) is 0. The maximum atomic E-state index is 14.7. The van der Waals surface area contributed by atoms with Crippen LogP contribution in [-0.4, -0.2) is 51.8 Å². The topological polar surface area (TPSA) is 110 Å². The summed E-state index contributed by atoms with van der Waals surface area (Å²) in [6.07, 6.45) is -11.3. The lowest BCUT2D eigenvalue weighted by Crippen LogP contribution is -2.56. The molecular formula is C24H23F6N5O3. The summed E-state index contributed by atoms with van der Waals surface area (Å²) in [4.78, 5) is 23.6. The van der Waals surface area contributed by atoms with Crippen molar-refractivity contribution in [2.24, 2.45) is 0 Å². The number of H-pyrrole nitrogens is 1. The smallest absolute Gasteiger partial charge is 0.415 e. The number of halogens is 6. The SMILES string of the molecule is O=Cc1ccc(CCC(NC(=O)Cc2nn[nH]n2)(c2ccc(OCCCC(F)(F)F)cc2)C(F)(F)F)cc1. The number of aryl methyl sites for hydroxylation is 1. The molecule has 0 saturated carbocycles. The summed E-state index contributed by atoms with van der Waals surface area (Å²) < 4.78 is 86.4. The first-order valence-electron chi connectivity index (χ1n) is 11.4. The van der Waals surface area contributed by atoms with Crippen LogP contribution in [0.25, 0.3) is 0 Å². The lowest BCUT2D eigenvalue weighted by molar-refractivity contribution is -0.204. The minimum atomic E-state index is -4.96. The normalized spacial score (nSPS) is 13.5. The lowest BCUT2D eigenvalue weighted by Gasteiger charge is -2.37. The van der Waals surface area contributed by atoms with Gasteiger partial charge in [0.1, 0.15) is 12.0 Å². The third-order valence-electron chi connectivity index (χ3n) is 5.67. The number of aldehydes is 1. The molecule has 204 valence electrons. The zero-order chi connectivity index (χ0) is 27.8. The summed E-state index contributed by atoms with van der Waals surface area (Å²) in [6.45, 7) is -0.276. The summed E-state index contributed by atoms with van der Waals surface area (Å²) in [5.41, 5.74) is -2.29. The molecule has 14 heteroatoms. The molecule has 1 heterocycles. The van der Waals surface area contributed by atoms with Gasteiger partial charge in [0.2, 0.25) is 5.91 Å². The number of amides is 1. The van der Waals surface area contributed by atoms with Crippen LogP contribution in [0.3, 0.4) is 0 Å². The molecule has 0 saturated heterocycles. The van der Waals surface area contributed by atoms with E-state index in [2.05, 4.69) is 25.9 Å². The van der Waals surface area contributed by atoms with Crippen molar-refractivity contribution in [3.8, 4) is 5.75 Å². The average molecular weight is 543 g/mol. The van der Waals surface area contributed by atoms with E-state index in [1.807, 2.05) is 0 Å². The summed E-state index contributed by atoms with van der Waals surface area (Å²) in [5, 5.41) is 14.7. The zero-order valence-corrected chi connectivity index (χ0v) is 19.8. The Morgan fingerprint density at radius 1 is 0.974 bits per heavy atom. The van der Waals surface area contributed by atoms with Crippen molar-refractivity contribution in [1.82, 2.24) is 25.9 Å². The van der Waals surface area contributed by atoms with E-state index in [-0.39, 0.29) is 36.6 Å². The molecule has 1 aromatic heterocycles. The molecule has 0 bridgehead atoms. The molecule has 2 aromatic carbocycles. The third kappa shape index (κ3) is 7.76. The van der Waals surface area contributed by atoms with Crippen LogP contribution in [0.1, 0.15) is 46.6 Å². The van der Waals surface area contributed by atoms with Gasteiger partial charge in [-0.25, -0.2) is 0 Å². The van der Waals surface area contributed by atoms with Crippen molar-refractivity contribution < 1.29 is 40.7 Å². The zero-order valence-electron chi connectivity index (χ0n) is 19.8. The standard InChI is InChI=1S/C24H23F6N5O3/c25-23(26,27)11-1-13-38-19-8-6-18(7-9-19)22(24(28,29)30,31-21(37)14-20-32-34-35-33-20)12-10-16-2-4-17(15-36)5-3-16/h2-9,15H,1,10-14H2,(H,31,37)(H,32,33,34,35). The number of hydrogen-bond donors (Lipinski definition) is 2. The molecule has 38 heavy (non-hydrogen) atoms. The fourth-order valence-corrected chi connectivity index (χ4v) is 3.73. The predicted octanol–water partition coefficient (Wildman–Crippen LogP) is 4.48. The van der Waals surface area contributed by atoms with Gasteiger partial charge in [-0.3, -0.25) is 9.59 Å². The van der Waals surface area contributed by atoms with Crippen molar-refractivity contribution in [2.45, 2.75) is 50.0 Å². The quantitative estimate of drug-likeness (QED) is 0.198. The molecule has 8 nitrogen and oxygen atoms in total. The van der Waals surface area contributed by atoms with Crippen LogP contribution in [0.15, 0.2) is 48.5 Å².